The highest BCUT2D eigenvalue weighted by molar-refractivity contribution is 5.82. The van der Waals surface area contributed by atoms with Crippen LogP contribution < -0.4 is 0 Å². The predicted octanol–water partition coefficient (Wildman–Crippen LogP) is 2.19. The molecular weight excluding hydrogens is 214 g/mol. The van der Waals surface area contributed by atoms with Gasteiger partial charge in [-0.1, -0.05) is 33.1 Å². The first-order valence-corrected chi connectivity index (χ1v) is 7.00. The minimum absolute atomic E-state index is 0.154. The summed E-state index contributed by atoms with van der Waals surface area (Å²) in [6.07, 6.45) is 6.26. The number of amides is 1. The van der Waals surface area contributed by atoms with E-state index in [0.717, 1.165) is 25.8 Å². The summed E-state index contributed by atoms with van der Waals surface area (Å²) >= 11 is 0. The second-order valence-corrected chi connectivity index (χ2v) is 6.21. The van der Waals surface area contributed by atoms with Crippen LogP contribution in [0.25, 0.3) is 0 Å². The van der Waals surface area contributed by atoms with Crippen molar-refractivity contribution < 1.29 is 9.90 Å². The SMILES string of the molecule is CC1CCN(C(=O)C2(C)CCCCC2)CC1O. The highest BCUT2D eigenvalue weighted by atomic mass is 16.3. The number of rotatable bonds is 1. The Hall–Kier alpha value is -0.570. The number of β-amino-alcohol motifs (C(OH)–C–C–N with tert-alkyl or cyclic N) is 1. The minimum Gasteiger partial charge on any atom is -0.391 e. The molecule has 0 aromatic heterocycles. The van der Waals surface area contributed by atoms with Gasteiger partial charge < -0.3 is 10.0 Å². The van der Waals surface area contributed by atoms with Gasteiger partial charge in [-0.3, -0.25) is 4.79 Å². The lowest BCUT2D eigenvalue weighted by Crippen LogP contribution is -2.51. The molecular formula is C14H25NO2. The molecule has 17 heavy (non-hydrogen) atoms. The Morgan fingerprint density at radius 3 is 2.53 bits per heavy atom. The molecule has 0 radical (unpaired) electrons. The molecule has 98 valence electrons. The van der Waals surface area contributed by atoms with Crippen molar-refractivity contribution in [2.75, 3.05) is 13.1 Å². The monoisotopic (exact) mass is 239 g/mol. The van der Waals surface area contributed by atoms with Gasteiger partial charge in [-0.2, -0.15) is 0 Å². The quantitative estimate of drug-likeness (QED) is 0.762. The van der Waals surface area contributed by atoms with Crippen molar-refractivity contribution in [3.63, 3.8) is 0 Å². The van der Waals surface area contributed by atoms with Crippen LogP contribution in [0.3, 0.4) is 0 Å². The second kappa shape index (κ2) is 4.97. The summed E-state index contributed by atoms with van der Waals surface area (Å²) in [7, 11) is 0. The largest absolute Gasteiger partial charge is 0.391 e. The lowest BCUT2D eigenvalue weighted by molar-refractivity contribution is -0.147. The maximum Gasteiger partial charge on any atom is 0.228 e. The summed E-state index contributed by atoms with van der Waals surface area (Å²) < 4.78 is 0. The van der Waals surface area contributed by atoms with E-state index in [1.54, 1.807) is 0 Å². The summed E-state index contributed by atoms with van der Waals surface area (Å²) in [4.78, 5) is 14.4. The number of hydrogen-bond donors (Lipinski definition) is 1. The van der Waals surface area contributed by atoms with Gasteiger partial charge in [0.1, 0.15) is 0 Å². The Kier molecular flexibility index (Phi) is 3.76. The van der Waals surface area contributed by atoms with Gasteiger partial charge in [-0.05, 0) is 25.2 Å². The maximum atomic E-state index is 12.5. The molecule has 0 aromatic carbocycles. The predicted molar refractivity (Wildman–Crippen MR) is 67.6 cm³/mol. The minimum atomic E-state index is -0.333. The smallest absolute Gasteiger partial charge is 0.228 e. The zero-order valence-corrected chi connectivity index (χ0v) is 11.1. The van der Waals surface area contributed by atoms with Crippen molar-refractivity contribution in [3.05, 3.63) is 0 Å². The first-order valence-electron chi connectivity index (χ1n) is 7.00. The van der Waals surface area contributed by atoms with Gasteiger partial charge in [0.15, 0.2) is 0 Å². The maximum absolute atomic E-state index is 12.5. The van der Waals surface area contributed by atoms with Gasteiger partial charge in [-0.15, -0.1) is 0 Å². The van der Waals surface area contributed by atoms with E-state index in [0.29, 0.717) is 12.5 Å². The summed E-state index contributed by atoms with van der Waals surface area (Å²) in [5.74, 6) is 0.612. The number of aliphatic hydroxyl groups excluding tert-OH is 1. The highest BCUT2D eigenvalue weighted by Crippen LogP contribution is 2.38. The van der Waals surface area contributed by atoms with E-state index in [4.69, 9.17) is 0 Å². The molecule has 1 saturated heterocycles. The molecule has 1 saturated carbocycles. The molecule has 1 N–H and O–H groups in total. The molecule has 0 bridgehead atoms. The lowest BCUT2D eigenvalue weighted by Gasteiger charge is -2.41. The normalized spacial score (nSPS) is 33.5. The molecule has 2 rings (SSSR count). The van der Waals surface area contributed by atoms with E-state index in [1.807, 2.05) is 4.90 Å². The fraction of sp³-hybridized carbons (Fsp3) is 0.929. The molecule has 2 unspecified atom stereocenters. The zero-order chi connectivity index (χ0) is 12.5. The Labute approximate surface area is 104 Å². The van der Waals surface area contributed by atoms with E-state index in [9.17, 15) is 9.90 Å². The van der Waals surface area contributed by atoms with E-state index in [-0.39, 0.29) is 17.4 Å². The van der Waals surface area contributed by atoms with Crippen LogP contribution in [0, 0.1) is 11.3 Å². The summed E-state index contributed by atoms with van der Waals surface area (Å²) in [6, 6.07) is 0. The van der Waals surface area contributed by atoms with Gasteiger partial charge in [0.05, 0.1) is 6.10 Å². The van der Waals surface area contributed by atoms with Crippen molar-refractivity contribution in [2.45, 2.75) is 58.5 Å². The second-order valence-electron chi connectivity index (χ2n) is 6.21. The fourth-order valence-electron chi connectivity index (χ4n) is 3.16. The topological polar surface area (TPSA) is 40.5 Å². The average molecular weight is 239 g/mol. The molecule has 2 atom stereocenters. The van der Waals surface area contributed by atoms with Crippen molar-refractivity contribution in [1.82, 2.24) is 4.90 Å². The van der Waals surface area contributed by atoms with Gasteiger partial charge in [0.2, 0.25) is 5.91 Å². The average Bonchev–Trinajstić information content (AvgIpc) is 2.33. The van der Waals surface area contributed by atoms with Gasteiger partial charge in [0, 0.05) is 18.5 Å². The van der Waals surface area contributed by atoms with Gasteiger partial charge in [0.25, 0.3) is 0 Å². The van der Waals surface area contributed by atoms with Crippen LogP contribution in [0.1, 0.15) is 52.4 Å². The first kappa shape index (κ1) is 12.9. The van der Waals surface area contributed by atoms with Gasteiger partial charge >= 0.3 is 0 Å². The van der Waals surface area contributed by atoms with Crippen molar-refractivity contribution in [3.8, 4) is 0 Å². The van der Waals surface area contributed by atoms with Crippen LogP contribution in [-0.4, -0.2) is 35.1 Å². The number of hydrogen-bond acceptors (Lipinski definition) is 2. The Morgan fingerprint density at radius 2 is 1.94 bits per heavy atom. The molecule has 1 amide bonds. The van der Waals surface area contributed by atoms with E-state index in [2.05, 4.69) is 13.8 Å². The Morgan fingerprint density at radius 1 is 1.29 bits per heavy atom. The van der Waals surface area contributed by atoms with Crippen molar-refractivity contribution in [1.29, 1.82) is 0 Å². The van der Waals surface area contributed by atoms with E-state index < -0.39 is 0 Å². The third-order valence-corrected chi connectivity index (χ3v) is 4.68. The Balaban J connectivity index is 1.99. The number of carbonyl (C=O) groups is 1. The molecule has 1 aliphatic carbocycles. The molecule has 0 spiro atoms. The van der Waals surface area contributed by atoms with Crippen LogP contribution in [0.5, 0.6) is 0 Å². The molecule has 2 aliphatic rings. The highest BCUT2D eigenvalue weighted by Gasteiger charge is 2.39. The number of aliphatic hydroxyl groups is 1. The summed E-state index contributed by atoms with van der Waals surface area (Å²) in [5.41, 5.74) is -0.154. The Bertz CT molecular complexity index is 284. The molecule has 3 nitrogen and oxygen atoms in total. The number of piperidine rings is 1. The number of carbonyl (C=O) groups excluding carboxylic acids is 1. The fourth-order valence-corrected chi connectivity index (χ4v) is 3.16. The van der Waals surface area contributed by atoms with Crippen molar-refractivity contribution >= 4 is 5.91 Å². The lowest BCUT2D eigenvalue weighted by atomic mass is 9.74. The number of nitrogens with zero attached hydrogens (tertiary/aromatic N) is 1. The first-order chi connectivity index (χ1) is 8.03. The van der Waals surface area contributed by atoms with Crippen LogP contribution in [0.2, 0.25) is 0 Å². The van der Waals surface area contributed by atoms with Crippen LogP contribution in [0.4, 0.5) is 0 Å². The molecule has 2 fully saturated rings. The summed E-state index contributed by atoms with van der Waals surface area (Å²) in [5, 5.41) is 9.89. The molecule has 1 aliphatic heterocycles. The van der Waals surface area contributed by atoms with E-state index in [1.165, 1.54) is 19.3 Å². The van der Waals surface area contributed by atoms with Crippen LogP contribution in [-0.2, 0) is 4.79 Å². The van der Waals surface area contributed by atoms with E-state index >= 15 is 0 Å². The summed E-state index contributed by atoms with van der Waals surface area (Å²) in [6.45, 7) is 5.54. The number of likely N-dealkylation sites (tertiary alicyclic amines) is 1. The van der Waals surface area contributed by atoms with Crippen LogP contribution >= 0.6 is 0 Å². The van der Waals surface area contributed by atoms with Crippen molar-refractivity contribution in [2.24, 2.45) is 11.3 Å². The molecule has 1 heterocycles. The van der Waals surface area contributed by atoms with Gasteiger partial charge in [-0.25, -0.2) is 0 Å². The van der Waals surface area contributed by atoms with Crippen LogP contribution in [0.15, 0.2) is 0 Å². The zero-order valence-electron chi connectivity index (χ0n) is 11.1. The third kappa shape index (κ3) is 2.65. The molecule has 3 heteroatoms. The third-order valence-electron chi connectivity index (χ3n) is 4.68. The standard InChI is InChI=1S/C14H25NO2/c1-11-6-9-15(10-12(11)16)13(17)14(2)7-4-3-5-8-14/h11-12,16H,3-10H2,1-2H3. The molecule has 0 aromatic rings.